The fourth-order valence-corrected chi connectivity index (χ4v) is 1.12. The summed E-state index contributed by atoms with van der Waals surface area (Å²) < 4.78 is 0. The quantitative estimate of drug-likeness (QED) is 0.527. The number of hydrogen-bond donors (Lipinski definition) is 0. The van der Waals surface area contributed by atoms with Crippen molar-refractivity contribution in [2.75, 3.05) is 0 Å². The van der Waals surface area contributed by atoms with Crippen molar-refractivity contribution < 1.29 is 0 Å². The van der Waals surface area contributed by atoms with E-state index in [4.69, 9.17) is 29.8 Å². The van der Waals surface area contributed by atoms with Gasteiger partial charge in [0.1, 0.15) is 0 Å². The first kappa shape index (κ1) is 7.40. The Morgan fingerprint density at radius 3 is 2.00 bits per heavy atom. The highest BCUT2D eigenvalue weighted by atomic mass is 35.5. The van der Waals surface area contributed by atoms with Gasteiger partial charge in [0.2, 0.25) is 0 Å². The van der Waals surface area contributed by atoms with Gasteiger partial charge in [-0.05, 0) is 18.2 Å². The molecule has 10 heavy (non-hydrogen) atoms. The summed E-state index contributed by atoms with van der Waals surface area (Å²) in [4.78, 5) is 3.17. The second-order valence-corrected chi connectivity index (χ2v) is 2.61. The normalized spacial score (nSPS) is 8.90. The van der Waals surface area contributed by atoms with Crippen LogP contribution in [0.25, 0.3) is 4.85 Å². The van der Waals surface area contributed by atoms with E-state index < -0.39 is 0 Å². The topological polar surface area (TPSA) is 4.36 Å². The molecule has 0 heterocycles. The van der Waals surface area contributed by atoms with Crippen LogP contribution in [0.5, 0.6) is 0 Å². The van der Waals surface area contributed by atoms with Crippen molar-refractivity contribution in [1.29, 1.82) is 0 Å². The summed E-state index contributed by atoms with van der Waals surface area (Å²) in [5.41, 5.74) is 0.470. The minimum absolute atomic E-state index is 0.470. The van der Waals surface area contributed by atoms with Crippen LogP contribution in [0.3, 0.4) is 0 Å². The zero-order valence-electron chi connectivity index (χ0n) is 4.94. The minimum Gasteiger partial charge on any atom is -0.238 e. The lowest BCUT2D eigenvalue weighted by Crippen LogP contribution is -1.64. The predicted octanol–water partition coefficient (Wildman–Crippen LogP) is 3.54. The van der Waals surface area contributed by atoms with E-state index in [0.717, 1.165) is 0 Å². The third-order valence-corrected chi connectivity index (χ3v) is 1.41. The fourth-order valence-electron chi connectivity index (χ4n) is 0.604. The van der Waals surface area contributed by atoms with Crippen molar-refractivity contribution in [3.05, 3.63) is 39.7 Å². The van der Waals surface area contributed by atoms with Gasteiger partial charge in [0.25, 0.3) is 0 Å². The van der Waals surface area contributed by atoms with Crippen molar-refractivity contribution in [3.63, 3.8) is 0 Å². The molecular formula is C7H3Cl2N. The summed E-state index contributed by atoms with van der Waals surface area (Å²) in [7, 11) is 0. The van der Waals surface area contributed by atoms with E-state index in [9.17, 15) is 0 Å². The molecule has 0 saturated heterocycles. The van der Waals surface area contributed by atoms with E-state index in [2.05, 4.69) is 4.85 Å². The van der Waals surface area contributed by atoms with Crippen LogP contribution < -0.4 is 0 Å². The van der Waals surface area contributed by atoms with Crippen LogP contribution in [0.4, 0.5) is 5.69 Å². The second kappa shape index (κ2) is 2.92. The van der Waals surface area contributed by atoms with Crippen LogP contribution in [-0.4, -0.2) is 0 Å². The highest BCUT2D eigenvalue weighted by molar-refractivity contribution is 6.35. The van der Waals surface area contributed by atoms with Crippen molar-refractivity contribution in [2.24, 2.45) is 0 Å². The molecule has 0 aliphatic carbocycles. The van der Waals surface area contributed by atoms with E-state index in [-0.39, 0.29) is 0 Å². The molecule has 0 aliphatic rings. The Morgan fingerprint density at radius 2 is 1.60 bits per heavy atom. The maximum absolute atomic E-state index is 6.64. The first-order chi connectivity index (χ1) is 4.72. The van der Waals surface area contributed by atoms with Crippen LogP contribution in [-0.2, 0) is 0 Å². The van der Waals surface area contributed by atoms with E-state index >= 15 is 0 Å². The molecule has 1 rings (SSSR count). The Balaban J connectivity index is 3.22. The van der Waals surface area contributed by atoms with Gasteiger partial charge >= 0.3 is 0 Å². The molecule has 0 spiro atoms. The van der Waals surface area contributed by atoms with Crippen molar-refractivity contribution in [3.8, 4) is 0 Å². The summed E-state index contributed by atoms with van der Waals surface area (Å²) in [5, 5.41) is 0.997. The zero-order chi connectivity index (χ0) is 7.56. The molecule has 1 aromatic carbocycles. The zero-order valence-corrected chi connectivity index (χ0v) is 6.45. The second-order valence-electron chi connectivity index (χ2n) is 1.74. The Kier molecular flexibility index (Phi) is 2.16. The molecule has 1 aromatic rings. The molecule has 0 unspecified atom stereocenters. The van der Waals surface area contributed by atoms with Crippen LogP contribution >= 0.6 is 23.2 Å². The number of halogens is 2. The summed E-state index contributed by atoms with van der Waals surface area (Å²) >= 11 is 11.2. The summed E-state index contributed by atoms with van der Waals surface area (Å²) in [5.74, 6) is 0. The molecule has 0 radical (unpaired) electrons. The Bertz CT molecular complexity index is 268. The largest absolute Gasteiger partial charge is 0.238 e. The van der Waals surface area contributed by atoms with Crippen molar-refractivity contribution >= 4 is 28.9 Å². The standard InChI is InChI=1S/C7H3Cl2N/c1-10-7-3-5(8)2-6(9)4-7/h2-4H. The lowest BCUT2D eigenvalue weighted by atomic mass is 10.3. The number of benzene rings is 1. The molecule has 0 bridgehead atoms. The number of hydrogen-bond acceptors (Lipinski definition) is 0. The maximum atomic E-state index is 6.64. The fraction of sp³-hybridized carbons (Fsp3) is 0. The van der Waals surface area contributed by atoms with Gasteiger partial charge in [-0.3, -0.25) is 0 Å². The third-order valence-electron chi connectivity index (χ3n) is 0.976. The smallest absolute Gasteiger partial charge is 0.190 e. The Labute approximate surface area is 69.0 Å². The third kappa shape index (κ3) is 1.63. The van der Waals surface area contributed by atoms with Crippen LogP contribution in [0.1, 0.15) is 0 Å². The number of nitrogens with zero attached hydrogens (tertiary/aromatic N) is 1. The Hall–Kier alpha value is -0.710. The minimum atomic E-state index is 0.470. The summed E-state index contributed by atoms with van der Waals surface area (Å²) in [6, 6.07) is 4.73. The van der Waals surface area contributed by atoms with Gasteiger partial charge in [0.15, 0.2) is 5.69 Å². The molecule has 0 fully saturated rings. The first-order valence-electron chi connectivity index (χ1n) is 2.56. The van der Waals surface area contributed by atoms with Gasteiger partial charge in [-0.1, -0.05) is 23.2 Å². The molecule has 0 amide bonds. The molecule has 0 aromatic heterocycles. The van der Waals surface area contributed by atoms with E-state index in [0.29, 0.717) is 15.7 Å². The molecule has 50 valence electrons. The van der Waals surface area contributed by atoms with Gasteiger partial charge in [0, 0.05) is 10.0 Å². The molecule has 1 nitrogen and oxygen atoms in total. The van der Waals surface area contributed by atoms with Gasteiger partial charge in [-0.15, -0.1) is 0 Å². The molecule has 0 atom stereocenters. The van der Waals surface area contributed by atoms with Gasteiger partial charge in [-0.2, -0.15) is 0 Å². The van der Waals surface area contributed by atoms with E-state index in [1.807, 2.05) is 0 Å². The van der Waals surface area contributed by atoms with Crippen molar-refractivity contribution in [2.45, 2.75) is 0 Å². The highest BCUT2D eigenvalue weighted by Crippen LogP contribution is 2.23. The van der Waals surface area contributed by atoms with Gasteiger partial charge in [0.05, 0.1) is 6.57 Å². The monoisotopic (exact) mass is 171 g/mol. The number of rotatable bonds is 0. The average molecular weight is 172 g/mol. The van der Waals surface area contributed by atoms with E-state index in [1.165, 1.54) is 0 Å². The molecule has 0 saturated carbocycles. The maximum Gasteiger partial charge on any atom is 0.190 e. The highest BCUT2D eigenvalue weighted by Gasteiger charge is 1.94. The SMILES string of the molecule is [C-]#[N+]c1cc(Cl)cc(Cl)c1. The molecular weight excluding hydrogens is 169 g/mol. The first-order valence-corrected chi connectivity index (χ1v) is 3.31. The van der Waals surface area contributed by atoms with Crippen LogP contribution in [0.2, 0.25) is 10.0 Å². The molecule has 0 aliphatic heterocycles. The van der Waals surface area contributed by atoms with Crippen LogP contribution in [0, 0.1) is 6.57 Å². The Morgan fingerprint density at radius 1 is 1.10 bits per heavy atom. The van der Waals surface area contributed by atoms with Gasteiger partial charge in [-0.25, -0.2) is 4.85 Å². The summed E-state index contributed by atoms with van der Waals surface area (Å²) in [6.07, 6.45) is 0. The summed E-state index contributed by atoms with van der Waals surface area (Å²) in [6.45, 7) is 6.64. The lowest BCUT2D eigenvalue weighted by Gasteiger charge is -1.92. The van der Waals surface area contributed by atoms with Crippen molar-refractivity contribution in [1.82, 2.24) is 0 Å². The lowest BCUT2D eigenvalue weighted by molar-refractivity contribution is 1.71. The van der Waals surface area contributed by atoms with Gasteiger partial charge < -0.3 is 0 Å². The average Bonchev–Trinajstić information content (AvgIpc) is 1.85. The molecule has 0 N–H and O–H groups in total. The van der Waals surface area contributed by atoms with Crippen LogP contribution in [0.15, 0.2) is 18.2 Å². The molecule has 3 heteroatoms. The predicted molar refractivity (Wildman–Crippen MR) is 42.7 cm³/mol. The van der Waals surface area contributed by atoms with E-state index in [1.54, 1.807) is 18.2 Å².